The van der Waals surface area contributed by atoms with Gasteiger partial charge in [-0.15, -0.1) is 0 Å². The summed E-state index contributed by atoms with van der Waals surface area (Å²) in [6, 6.07) is 0.742. The van der Waals surface area contributed by atoms with Crippen molar-refractivity contribution in [2.75, 3.05) is 19.6 Å². The van der Waals surface area contributed by atoms with Crippen molar-refractivity contribution in [3.8, 4) is 0 Å². The van der Waals surface area contributed by atoms with E-state index in [1.165, 1.54) is 31.5 Å². The molecule has 2 heterocycles. The third kappa shape index (κ3) is 3.33. The summed E-state index contributed by atoms with van der Waals surface area (Å²) in [5.41, 5.74) is 1.35. The van der Waals surface area contributed by atoms with E-state index in [4.69, 9.17) is 0 Å². The second-order valence-electron chi connectivity index (χ2n) is 5.12. The van der Waals surface area contributed by atoms with Crippen LogP contribution in [0.5, 0.6) is 0 Å². The van der Waals surface area contributed by atoms with Crippen LogP contribution in [0.2, 0.25) is 0 Å². The molecule has 1 aliphatic rings. The highest BCUT2D eigenvalue weighted by Gasteiger charge is 2.21. The Kier molecular flexibility index (Phi) is 5.20. The van der Waals surface area contributed by atoms with Gasteiger partial charge in [-0.3, -0.25) is 4.90 Å². The lowest BCUT2D eigenvalue weighted by atomic mass is 10.0. The minimum absolute atomic E-state index is 0.742. The lowest BCUT2D eigenvalue weighted by molar-refractivity contribution is 0.151. The molecule has 0 spiro atoms. The molecule has 2 rings (SSSR count). The smallest absolute Gasteiger partial charge is 0.0948 e. The highest BCUT2D eigenvalue weighted by molar-refractivity contribution is 4.99. The van der Waals surface area contributed by atoms with E-state index in [2.05, 4.69) is 33.6 Å². The normalized spacial score (nSPS) is 17.5. The second-order valence-corrected chi connectivity index (χ2v) is 5.12. The van der Waals surface area contributed by atoms with Crippen LogP contribution in [0.25, 0.3) is 0 Å². The second kappa shape index (κ2) is 6.90. The van der Waals surface area contributed by atoms with Crippen molar-refractivity contribution >= 4 is 0 Å². The molecule has 0 amide bonds. The SMILES string of the molecule is CCCN(Cc1cncn1CC)C1CCNCC1. The molecule has 0 saturated carbocycles. The van der Waals surface area contributed by atoms with E-state index in [-0.39, 0.29) is 0 Å². The third-order valence-corrected chi connectivity index (χ3v) is 3.84. The summed E-state index contributed by atoms with van der Waals surface area (Å²) >= 11 is 0. The molecule has 0 radical (unpaired) electrons. The molecule has 4 nitrogen and oxygen atoms in total. The first kappa shape index (κ1) is 13.6. The average Bonchev–Trinajstić information content (AvgIpc) is 2.86. The van der Waals surface area contributed by atoms with Crippen molar-refractivity contribution in [1.29, 1.82) is 0 Å². The van der Waals surface area contributed by atoms with Gasteiger partial charge in [0.25, 0.3) is 0 Å². The van der Waals surface area contributed by atoms with Gasteiger partial charge in [-0.05, 0) is 45.8 Å². The molecule has 1 aromatic heterocycles. The molecular formula is C14H26N4. The number of nitrogens with one attached hydrogen (secondary N) is 1. The summed E-state index contributed by atoms with van der Waals surface area (Å²) in [5.74, 6) is 0. The molecule has 0 aliphatic carbocycles. The molecule has 0 bridgehead atoms. The number of piperidine rings is 1. The Labute approximate surface area is 110 Å². The highest BCUT2D eigenvalue weighted by atomic mass is 15.2. The van der Waals surface area contributed by atoms with E-state index in [0.717, 1.165) is 32.2 Å². The zero-order chi connectivity index (χ0) is 12.8. The number of aromatic nitrogens is 2. The summed E-state index contributed by atoms with van der Waals surface area (Å²) in [4.78, 5) is 6.92. The van der Waals surface area contributed by atoms with Gasteiger partial charge in [-0.1, -0.05) is 6.92 Å². The van der Waals surface area contributed by atoms with Crippen molar-refractivity contribution < 1.29 is 0 Å². The lowest BCUT2D eigenvalue weighted by Crippen LogP contribution is -2.43. The zero-order valence-corrected chi connectivity index (χ0v) is 11.7. The number of hydrogen-bond donors (Lipinski definition) is 1. The van der Waals surface area contributed by atoms with Crippen LogP contribution in [0.1, 0.15) is 38.8 Å². The number of rotatable bonds is 6. The van der Waals surface area contributed by atoms with Gasteiger partial charge in [0.2, 0.25) is 0 Å². The van der Waals surface area contributed by atoms with E-state index < -0.39 is 0 Å². The van der Waals surface area contributed by atoms with Crippen LogP contribution in [-0.2, 0) is 13.1 Å². The van der Waals surface area contributed by atoms with Crippen molar-refractivity contribution in [3.05, 3.63) is 18.2 Å². The Hall–Kier alpha value is -0.870. The molecule has 18 heavy (non-hydrogen) atoms. The maximum absolute atomic E-state index is 4.28. The maximum Gasteiger partial charge on any atom is 0.0948 e. The molecule has 1 N–H and O–H groups in total. The van der Waals surface area contributed by atoms with Crippen LogP contribution < -0.4 is 5.32 Å². The van der Waals surface area contributed by atoms with Crippen LogP contribution in [0.3, 0.4) is 0 Å². The molecule has 0 unspecified atom stereocenters. The van der Waals surface area contributed by atoms with E-state index in [1.54, 1.807) is 0 Å². The van der Waals surface area contributed by atoms with Gasteiger partial charge in [-0.25, -0.2) is 4.98 Å². The van der Waals surface area contributed by atoms with Crippen LogP contribution in [0.15, 0.2) is 12.5 Å². The first-order chi connectivity index (χ1) is 8.85. The number of imidazole rings is 1. The van der Waals surface area contributed by atoms with Crippen molar-refractivity contribution in [2.45, 2.75) is 52.2 Å². The molecular weight excluding hydrogens is 224 g/mol. The van der Waals surface area contributed by atoms with Gasteiger partial charge >= 0.3 is 0 Å². The van der Waals surface area contributed by atoms with Gasteiger partial charge in [0, 0.05) is 25.3 Å². The van der Waals surface area contributed by atoms with Crippen LogP contribution in [0, 0.1) is 0 Å². The Balaban J connectivity index is 2.00. The maximum atomic E-state index is 4.28. The zero-order valence-electron chi connectivity index (χ0n) is 11.7. The fourth-order valence-electron chi connectivity index (χ4n) is 2.82. The van der Waals surface area contributed by atoms with Crippen molar-refractivity contribution in [2.24, 2.45) is 0 Å². The minimum Gasteiger partial charge on any atom is -0.334 e. The molecule has 1 saturated heterocycles. The first-order valence-corrected chi connectivity index (χ1v) is 7.29. The van der Waals surface area contributed by atoms with Gasteiger partial charge in [0.1, 0.15) is 0 Å². The van der Waals surface area contributed by atoms with Gasteiger partial charge < -0.3 is 9.88 Å². The van der Waals surface area contributed by atoms with E-state index in [1.807, 2.05) is 12.5 Å². The topological polar surface area (TPSA) is 33.1 Å². The largest absolute Gasteiger partial charge is 0.334 e. The molecule has 1 aliphatic heterocycles. The fourth-order valence-corrected chi connectivity index (χ4v) is 2.82. The minimum atomic E-state index is 0.742. The average molecular weight is 250 g/mol. The summed E-state index contributed by atoms with van der Waals surface area (Å²) in [6.45, 7) is 10.0. The third-order valence-electron chi connectivity index (χ3n) is 3.84. The molecule has 102 valence electrons. The van der Waals surface area contributed by atoms with Crippen LogP contribution >= 0.6 is 0 Å². The fraction of sp³-hybridized carbons (Fsp3) is 0.786. The van der Waals surface area contributed by atoms with Crippen molar-refractivity contribution in [3.63, 3.8) is 0 Å². The number of hydrogen-bond acceptors (Lipinski definition) is 3. The van der Waals surface area contributed by atoms with E-state index in [0.29, 0.717) is 0 Å². The summed E-state index contributed by atoms with van der Waals surface area (Å²) in [6.07, 6.45) is 7.75. The standard InChI is InChI=1S/C14H26N4/c1-3-9-18(13-5-7-15-8-6-13)11-14-10-16-12-17(14)4-2/h10,12-13,15H,3-9,11H2,1-2H3. The van der Waals surface area contributed by atoms with Crippen LogP contribution in [-0.4, -0.2) is 40.1 Å². The molecule has 0 atom stereocenters. The molecule has 0 aromatic carbocycles. The predicted octanol–water partition coefficient (Wildman–Crippen LogP) is 1.87. The molecule has 1 aromatic rings. The summed E-state index contributed by atoms with van der Waals surface area (Å²) in [7, 11) is 0. The quantitative estimate of drug-likeness (QED) is 0.836. The first-order valence-electron chi connectivity index (χ1n) is 7.29. The molecule has 1 fully saturated rings. The van der Waals surface area contributed by atoms with E-state index in [9.17, 15) is 0 Å². The monoisotopic (exact) mass is 250 g/mol. The Morgan fingerprint density at radius 3 is 2.83 bits per heavy atom. The lowest BCUT2D eigenvalue weighted by Gasteiger charge is -2.34. The Bertz CT molecular complexity index is 341. The number of nitrogens with zero attached hydrogens (tertiary/aromatic N) is 3. The van der Waals surface area contributed by atoms with E-state index >= 15 is 0 Å². The summed E-state index contributed by atoms with van der Waals surface area (Å²) < 4.78 is 2.25. The van der Waals surface area contributed by atoms with Crippen LogP contribution in [0.4, 0.5) is 0 Å². The Morgan fingerprint density at radius 2 is 2.17 bits per heavy atom. The highest BCUT2D eigenvalue weighted by Crippen LogP contribution is 2.16. The van der Waals surface area contributed by atoms with Crippen molar-refractivity contribution in [1.82, 2.24) is 19.8 Å². The molecule has 4 heteroatoms. The van der Waals surface area contributed by atoms with Gasteiger partial charge in [0.15, 0.2) is 0 Å². The summed E-state index contributed by atoms with van der Waals surface area (Å²) in [5, 5.41) is 3.45. The Morgan fingerprint density at radius 1 is 1.39 bits per heavy atom. The number of aryl methyl sites for hydroxylation is 1. The predicted molar refractivity (Wildman–Crippen MR) is 74.5 cm³/mol. The van der Waals surface area contributed by atoms with Gasteiger partial charge in [-0.2, -0.15) is 0 Å². The van der Waals surface area contributed by atoms with Gasteiger partial charge in [0.05, 0.1) is 12.0 Å².